The van der Waals surface area contributed by atoms with Crippen LogP contribution in [0.3, 0.4) is 0 Å². The van der Waals surface area contributed by atoms with Crippen molar-refractivity contribution in [2.75, 3.05) is 45.8 Å². The fourth-order valence-electron chi connectivity index (χ4n) is 3.63. The zero-order valence-electron chi connectivity index (χ0n) is 15.2. The molecule has 0 radical (unpaired) electrons. The van der Waals surface area contributed by atoms with Crippen molar-refractivity contribution in [2.24, 2.45) is 0 Å². The molecule has 1 aromatic rings. The zero-order chi connectivity index (χ0) is 17.6. The lowest BCUT2D eigenvalue weighted by Gasteiger charge is -2.34. The van der Waals surface area contributed by atoms with Crippen LogP contribution in [0.2, 0.25) is 0 Å². The Bertz CT molecular complexity index is 572. The molecule has 2 saturated heterocycles. The molecule has 2 aliphatic heterocycles. The molecule has 0 aromatic heterocycles. The first-order chi connectivity index (χ1) is 12.2. The van der Waals surface area contributed by atoms with Gasteiger partial charge in [0.15, 0.2) is 0 Å². The summed E-state index contributed by atoms with van der Waals surface area (Å²) in [6.07, 6.45) is 0.650. The van der Waals surface area contributed by atoms with Crippen molar-refractivity contribution >= 4 is 6.03 Å². The molecule has 0 unspecified atom stereocenters. The van der Waals surface area contributed by atoms with Gasteiger partial charge in [-0.1, -0.05) is 31.2 Å². The van der Waals surface area contributed by atoms with Crippen LogP contribution in [0.1, 0.15) is 24.5 Å². The van der Waals surface area contributed by atoms with Gasteiger partial charge < -0.3 is 20.2 Å². The number of β-amino-alcohol motifs (C(OH)–C–C–N with tert-alkyl or cyclic N) is 1. The van der Waals surface area contributed by atoms with E-state index in [2.05, 4.69) is 34.2 Å². The number of aliphatic hydroxyl groups excluding tert-OH is 1. The third kappa shape index (κ3) is 4.93. The van der Waals surface area contributed by atoms with Crippen molar-refractivity contribution in [1.82, 2.24) is 20.0 Å². The Balaban J connectivity index is 1.52. The molecule has 1 aromatic carbocycles. The SMILES string of the molecule is CCN1CCN(C(=O)NCc2ccccc2CN2CC[C@@H](O)C2)CC1. The number of amides is 2. The summed E-state index contributed by atoms with van der Waals surface area (Å²) in [6.45, 7) is 9.78. The van der Waals surface area contributed by atoms with E-state index >= 15 is 0 Å². The third-order valence-electron chi connectivity index (χ3n) is 5.30. The summed E-state index contributed by atoms with van der Waals surface area (Å²) in [7, 11) is 0. The lowest BCUT2D eigenvalue weighted by molar-refractivity contribution is 0.142. The fourth-order valence-corrected chi connectivity index (χ4v) is 3.63. The molecule has 0 spiro atoms. The van der Waals surface area contributed by atoms with Crippen molar-refractivity contribution in [3.05, 3.63) is 35.4 Å². The quantitative estimate of drug-likeness (QED) is 0.838. The molecule has 138 valence electrons. The van der Waals surface area contributed by atoms with Gasteiger partial charge in [0.25, 0.3) is 0 Å². The Morgan fingerprint density at radius 3 is 2.48 bits per heavy atom. The van der Waals surface area contributed by atoms with Gasteiger partial charge in [0, 0.05) is 52.4 Å². The third-order valence-corrected chi connectivity index (χ3v) is 5.30. The number of carbonyl (C=O) groups is 1. The maximum atomic E-state index is 12.4. The van der Waals surface area contributed by atoms with E-state index in [1.807, 2.05) is 17.0 Å². The van der Waals surface area contributed by atoms with Crippen LogP contribution in [0, 0.1) is 0 Å². The molecule has 2 heterocycles. The summed E-state index contributed by atoms with van der Waals surface area (Å²) < 4.78 is 0. The van der Waals surface area contributed by atoms with E-state index in [-0.39, 0.29) is 12.1 Å². The molecule has 25 heavy (non-hydrogen) atoms. The smallest absolute Gasteiger partial charge is 0.317 e. The Labute approximate surface area is 150 Å². The summed E-state index contributed by atoms with van der Waals surface area (Å²) in [4.78, 5) is 19.0. The molecule has 2 N–H and O–H groups in total. The standard InChI is InChI=1S/C19H30N4O2/c1-2-21-9-11-23(12-10-21)19(25)20-13-16-5-3-4-6-17(16)14-22-8-7-18(24)15-22/h3-6,18,24H,2,7-15H2,1H3,(H,20,25)/t18-/m1/s1. The van der Waals surface area contributed by atoms with Crippen molar-refractivity contribution in [1.29, 1.82) is 0 Å². The predicted octanol–water partition coefficient (Wildman–Crippen LogP) is 1.10. The molecule has 1 atom stereocenters. The lowest BCUT2D eigenvalue weighted by Crippen LogP contribution is -2.51. The van der Waals surface area contributed by atoms with Gasteiger partial charge in [-0.15, -0.1) is 0 Å². The molecule has 6 heteroatoms. The van der Waals surface area contributed by atoms with E-state index < -0.39 is 0 Å². The van der Waals surface area contributed by atoms with E-state index in [0.717, 1.165) is 64.3 Å². The molecule has 0 bridgehead atoms. The van der Waals surface area contributed by atoms with Crippen LogP contribution < -0.4 is 5.32 Å². The molecular weight excluding hydrogens is 316 g/mol. The number of carbonyl (C=O) groups excluding carboxylic acids is 1. The predicted molar refractivity (Wildman–Crippen MR) is 98.3 cm³/mol. The number of piperazine rings is 1. The number of rotatable bonds is 5. The van der Waals surface area contributed by atoms with E-state index in [1.54, 1.807) is 0 Å². The van der Waals surface area contributed by atoms with E-state index in [1.165, 1.54) is 5.56 Å². The number of likely N-dealkylation sites (N-methyl/N-ethyl adjacent to an activating group) is 1. The molecule has 6 nitrogen and oxygen atoms in total. The highest BCUT2D eigenvalue weighted by atomic mass is 16.3. The first-order valence-electron chi connectivity index (χ1n) is 9.38. The minimum Gasteiger partial charge on any atom is -0.392 e. The van der Waals surface area contributed by atoms with Gasteiger partial charge in [0.05, 0.1) is 6.10 Å². The normalized spacial score (nSPS) is 22.3. The van der Waals surface area contributed by atoms with Crippen molar-refractivity contribution < 1.29 is 9.90 Å². The van der Waals surface area contributed by atoms with E-state index in [0.29, 0.717) is 6.54 Å². The maximum absolute atomic E-state index is 12.4. The van der Waals surface area contributed by atoms with Crippen LogP contribution in [-0.4, -0.2) is 77.8 Å². The van der Waals surface area contributed by atoms with Crippen LogP contribution in [0.5, 0.6) is 0 Å². The topological polar surface area (TPSA) is 59.0 Å². The highest BCUT2D eigenvalue weighted by Crippen LogP contribution is 2.16. The molecule has 2 aliphatic rings. The Morgan fingerprint density at radius 1 is 1.12 bits per heavy atom. The van der Waals surface area contributed by atoms with Gasteiger partial charge in [0.2, 0.25) is 0 Å². The second kappa shape index (κ2) is 8.65. The first kappa shape index (κ1) is 18.2. The minimum atomic E-state index is -0.200. The van der Waals surface area contributed by atoms with Gasteiger partial charge in [-0.3, -0.25) is 4.90 Å². The first-order valence-corrected chi connectivity index (χ1v) is 9.38. The second-order valence-corrected chi connectivity index (χ2v) is 7.03. The molecule has 3 rings (SSSR count). The number of hydrogen-bond donors (Lipinski definition) is 2. The summed E-state index contributed by atoms with van der Waals surface area (Å²) >= 11 is 0. The van der Waals surface area contributed by atoms with Crippen molar-refractivity contribution in [3.63, 3.8) is 0 Å². The van der Waals surface area contributed by atoms with Crippen LogP contribution in [0.15, 0.2) is 24.3 Å². The molecule has 0 aliphatic carbocycles. The fraction of sp³-hybridized carbons (Fsp3) is 0.632. The number of nitrogens with one attached hydrogen (secondary N) is 1. The highest BCUT2D eigenvalue weighted by molar-refractivity contribution is 5.74. The number of benzene rings is 1. The number of aliphatic hydroxyl groups is 1. The summed E-state index contributed by atoms with van der Waals surface area (Å²) in [5.41, 5.74) is 2.39. The van der Waals surface area contributed by atoms with Gasteiger partial charge in [-0.2, -0.15) is 0 Å². The average Bonchev–Trinajstić information content (AvgIpc) is 3.05. The van der Waals surface area contributed by atoms with E-state index in [9.17, 15) is 9.90 Å². The van der Waals surface area contributed by atoms with Crippen molar-refractivity contribution in [2.45, 2.75) is 32.5 Å². The van der Waals surface area contributed by atoms with Crippen LogP contribution >= 0.6 is 0 Å². The second-order valence-electron chi connectivity index (χ2n) is 7.03. The summed E-state index contributed by atoms with van der Waals surface area (Å²) in [5, 5.41) is 12.8. The monoisotopic (exact) mass is 346 g/mol. The zero-order valence-corrected chi connectivity index (χ0v) is 15.2. The number of nitrogens with zero attached hydrogens (tertiary/aromatic N) is 3. The molecule has 0 saturated carbocycles. The van der Waals surface area contributed by atoms with Gasteiger partial charge in [-0.25, -0.2) is 4.79 Å². The van der Waals surface area contributed by atoms with Crippen molar-refractivity contribution in [3.8, 4) is 0 Å². The molecule has 2 fully saturated rings. The Hall–Kier alpha value is -1.63. The number of hydrogen-bond acceptors (Lipinski definition) is 4. The lowest BCUT2D eigenvalue weighted by atomic mass is 10.1. The minimum absolute atomic E-state index is 0.0298. The van der Waals surface area contributed by atoms with Gasteiger partial charge >= 0.3 is 6.03 Å². The van der Waals surface area contributed by atoms with Gasteiger partial charge in [0.1, 0.15) is 0 Å². The number of likely N-dealkylation sites (tertiary alicyclic amines) is 1. The number of urea groups is 1. The largest absolute Gasteiger partial charge is 0.392 e. The van der Waals surface area contributed by atoms with Crippen LogP contribution in [0.4, 0.5) is 4.79 Å². The maximum Gasteiger partial charge on any atom is 0.317 e. The Kier molecular flexibility index (Phi) is 6.29. The van der Waals surface area contributed by atoms with Crippen LogP contribution in [0.25, 0.3) is 0 Å². The van der Waals surface area contributed by atoms with E-state index in [4.69, 9.17) is 0 Å². The van der Waals surface area contributed by atoms with Gasteiger partial charge in [-0.05, 0) is 24.1 Å². The molecular formula is C19H30N4O2. The average molecular weight is 346 g/mol. The highest BCUT2D eigenvalue weighted by Gasteiger charge is 2.22. The summed E-state index contributed by atoms with van der Waals surface area (Å²) in [6, 6.07) is 8.28. The molecule has 2 amide bonds. The summed E-state index contributed by atoms with van der Waals surface area (Å²) in [5.74, 6) is 0. The van der Waals surface area contributed by atoms with Crippen LogP contribution in [-0.2, 0) is 13.1 Å². The Morgan fingerprint density at radius 2 is 1.84 bits per heavy atom.